The molecule has 0 amide bonds. The summed E-state index contributed by atoms with van der Waals surface area (Å²) in [5.41, 5.74) is 2.45. The van der Waals surface area contributed by atoms with Crippen LogP contribution in [0.5, 0.6) is 5.75 Å². The normalized spacial score (nSPS) is 9.18. The van der Waals surface area contributed by atoms with Crippen molar-refractivity contribution < 1.29 is 21.1 Å². The fourth-order valence-corrected chi connectivity index (χ4v) is 1.32. The van der Waals surface area contributed by atoms with E-state index < -0.39 is 0 Å². The number of ether oxygens (including phenoxy) is 1. The fraction of sp³-hybridized carbons (Fsp3) is 0.143. The van der Waals surface area contributed by atoms with Gasteiger partial charge in [-0.15, -0.1) is 12.1 Å². The van der Waals surface area contributed by atoms with Crippen LogP contribution in [0, 0.1) is 13.0 Å². The third-order valence-corrected chi connectivity index (χ3v) is 2.20. The molecule has 0 radical (unpaired) electrons. The van der Waals surface area contributed by atoms with Crippen LogP contribution in [-0.2, 0) is 22.9 Å². The van der Waals surface area contributed by atoms with Crippen molar-refractivity contribution >= 4 is 13.6 Å². The summed E-state index contributed by atoms with van der Waals surface area (Å²) >= 11 is 4.25. The van der Waals surface area contributed by atoms with Gasteiger partial charge < -0.3 is 4.74 Å². The SMILES string of the molecule is Cc1ccc(COc2c[c-]ccc2)cc1.[Zn+][Br]. The summed E-state index contributed by atoms with van der Waals surface area (Å²) in [5, 5.41) is 0. The van der Waals surface area contributed by atoms with Crippen molar-refractivity contribution in [1.29, 1.82) is 0 Å². The molecule has 2 rings (SSSR count). The molecule has 0 unspecified atom stereocenters. The van der Waals surface area contributed by atoms with E-state index in [4.69, 9.17) is 4.74 Å². The van der Waals surface area contributed by atoms with Gasteiger partial charge in [-0.3, -0.25) is 0 Å². The predicted molar refractivity (Wildman–Crippen MR) is 69.7 cm³/mol. The predicted octanol–water partition coefficient (Wildman–Crippen LogP) is 4.22. The maximum atomic E-state index is 5.60. The molecule has 0 N–H and O–H groups in total. The minimum atomic E-state index is 0.609. The van der Waals surface area contributed by atoms with Crippen LogP contribution in [0.15, 0.2) is 48.5 Å². The first-order valence-corrected chi connectivity index (χ1v) is 12.2. The molecule has 2 aromatic rings. The Bertz CT molecular complexity index is 414. The van der Waals surface area contributed by atoms with Crippen molar-refractivity contribution in [2.24, 2.45) is 0 Å². The molecule has 0 fully saturated rings. The van der Waals surface area contributed by atoms with Crippen molar-refractivity contribution in [1.82, 2.24) is 0 Å². The molecule has 0 heterocycles. The summed E-state index contributed by atoms with van der Waals surface area (Å²) in [6.45, 7) is 2.69. The second kappa shape index (κ2) is 8.44. The zero-order valence-electron chi connectivity index (χ0n) is 9.82. The van der Waals surface area contributed by atoms with E-state index in [9.17, 15) is 0 Å². The molecule has 0 aliphatic carbocycles. The Morgan fingerprint density at radius 1 is 1.18 bits per heavy atom. The quantitative estimate of drug-likeness (QED) is 0.599. The fourth-order valence-electron chi connectivity index (χ4n) is 1.32. The Kier molecular flexibility index (Phi) is 7.15. The number of rotatable bonds is 3. The first-order valence-electron chi connectivity index (χ1n) is 5.26. The molecule has 17 heavy (non-hydrogen) atoms. The summed E-state index contributed by atoms with van der Waals surface area (Å²) in [7, 11) is 0. The van der Waals surface area contributed by atoms with Crippen LogP contribution in [0.2, 0.25) is 0 Å². The van der Waals surface area contributed by atoms with Gasteiger partial charge in [0.25, 0.3) is 0 Å². The van der Waals surface area contributed by atoms with Gasteiger partial charge in [0.2, 0.25) is 0 Å². The summed E-state index contributed by atoms with van der Waals surface area (Å²) in [5.74, 6) is 0.859. The van der Waals surface area contributed by atoms with Gasteiger partial charge in [0, 0.05) is 5.75 Å². The number of hydrogen-bond donors (Lipinski definition) is 0. The van der Waals surface area contributed by atoms with E-state index in [2.05, 4.69) is 50.9 Å². The topological polar surface area (TPSA) is 9.23 Å². The second-order valence-corrected chi connectivity index (χ2v) is 3.51. The summed E-state index contributed by atoms with van der Waals surface area (Å²) in [6, 6.07) is 18.9. The van der Waals surface area contributed by atoms with Gasteiger partial charge in [0.05, 0.1) is 6.61 Å². The molecular formula is C14H13BrOZn. The van der Waals surface area contributed by atoms with Crippen LogP contribution in [0.1, 0.15) is 11.1 Å². The zero-order valence-corrected chi connectivity index (χ0v) is 14.4. The van der Waals surface area contributed by atoms with Crippen molar-refractivity contribution in [2.75, 3.05) is 0 Å². The third kappa shape index (κ3) is 5.47. The Morgan fingerprint density at radius 2 is 1.88 bits per heavy atom. The van der Waals surface area contributed by atoms with E-state index in [0.717, 1.165) is 5.75 Å². The average molecular weight is 343 g/mol. The molecule has 0 saturated carbocycles. The average Bonchev–Trinajstić information content (AvgIpc) is 2.42. The molecule has 0 saturated heterocycles. The molecule has 0 bridgehead atoms. The molecule has 0 spiro atoms. The number of halogens is 1. The van der Waals surface area contributed by atoms with E-state index in [1.54, 1.807) is 0 Å². The second-order valence-electron chi connectivity index (χ2n) is 3.51. The van der Waals surface area contributed by atoms with Crippen molar-refractivity contribution in [3.63, 3.8) is 0 Å². The van der Waals surface area contributed by atoms with Crippen LogP contribution in [-0.4, -0.2) is 0 Å². The van der Waals surface area contributed by atoms with Crippen molar-refractivity contribution in [2.45, 2.75) is 13.5 Å². The maximum absolute atomic E-state index is 5.60. The molecule has 84 valence electrons. The molecule has 1 nitrogen and oxygen atoms in total. The minimum absolute atomic E-state index is 0.609. The van der Waals surface area contributed by atoms with Gasteiger partial charge in [-0.05, 0) is 12.5 Å². The van der Waals surface area contributed by atoms with Gasteiger partial charge in [0.15, 0.2) is 0 Å². The van der Waals surface area contributed by atoms with Crippen LogP contribution < -0.4 is 4.74 Å². The van der Waals surface area contributed by atoms with E-state index in [0.29, 0.717) is 6.61 Å². The van der Waals surface area contributed by atoms with Crippen LogP contribution in [0.3, 0.4) is 0 Å². The number of benzene rings is 2. The number of aryl methyl sites for hydroxylation is 1. The van der Waals surface area contributed by atoms with Crippen LogP contribution in [0.4, 0.5) is 0 Å². The Labute approximate surface area is 119 Å². The van der Waals surface area contributed by atoms with Gasteiger partial charge in [-0.25, -0.2) is 0 Å². The van der Waals surface area contributed by atoms with Crippen molar-refractivity contribution in [3.05, 3.63) is 65.7 Å². The summed E-state index contributed by atoms with van der Waals surface area (Å²) in [4.78, 5) is 0. The first kappa shape index (κ1) is 14.4. The summed E-state index contributed by atoms with van der Waals surface area (Å²) < 4.78 is 5.60. The van der Waals surface area contributed by atoms with E-state index in [-0.39, 0.29) is 0 Å². The zero-order chi connectivity index (χ0) is 12.5. The van der Waals surface area contributed by atoms with E-state index in [1.165, 1.54) is 27.5 Å². The third-order valence-electron chi connectivity index (χ3n) is 2.20. The van der Waals surface area contributed by atoms with Crippen LogP contribution in [0.25, 0.3) is 0 Å². The molecule has 0 aliphatic heterocycles. The molecule has 3 heteroatoms. The Balaban J connectivity index is 0.000000686. The monoisotopic (exact) mass is 340 g/mol. The summed E-state index contributed by atoms with van der Waals surface area (Å²) in [6.07, 6.45) is 0. The molecular weight excluding hydrogens is 329 g/mol. The van der Waals surface area contributed by atoms with E-state index in [1.807, 2.05) is 24.3 Å². The van der Waals surface area contributed by atoms with Gasteiger partial charge in [-0.1, -0.05) is 29.8 Å². The first-order chi connectivity index (χ1) is 8.34. The molecule has 0 aliphatic rings. The Hall–Kier alpha value is -0.657. The standard InChI is InChI=1S/C14H13O.BrH.Zn/c1-12-7-9-13(10-8-12)11-15-14-5-3-2-4-6-14;;/h2-3,5-10H,11H2,1H3;1H;/q-1;;+2/p-1. The van der Waals surface area contributed by atoms with Crippen LogP contribution >= 0.6 is 13.6 Å². The van der Waals surface area contributed by atoms with Gasteiger partial charge in [0.1, 0.15) is 0 Å². The molecule has 0 aromatic heterocycles. The van der Waals surface area contributed by atoms with Gasteiger partial charge in [-0.2, -0.15) is 18.2 Å². The Morgan fingerprint density at radius 3 is 2.47 bits per heavy atom. The van der Waals surface area contributed by atoms with Gasteiger partial charge >= 0.3 is 30.0 Å². The van der Waals surface area contributed by atoms with Crippen molar-refractivity contribution in [3.8, 4) is 5.75 Å². The molecule has 0 atom stereocenters. The number of hydrogen-bond acceptors (Lipinski definition) is 1. The molecule has 2 aromatic carbocycles. The van der Waals surface area contributed by atoms with E-state index >= 15 is 0 Å².